The van der Waals surface area contributed by atoms with Crippen molar-refractivity contribution in [2.24, 2.45) is 0 Å². The first-order chi connectivity index (χ1) is 12.3. The van der Waals surface area contributed by atoms with E-state index in [1.807, 2.05) is 18.2 Å². The van der Waals surface area contributed by atoms with Crippen LogP contribution in [0.15, 0.2) is 42.7 Å². The SMILES string of the molecule is COCCCNC(=O)CNc1ncnc2sc(-c3ccccc3)cc12. The highest BCUT2D eigenvalue weighted by Crippen LogP contribution is 2.34. The number of hydrogen-bond donors (Lipinski definition) is 2. The molecule has 0 aliphatic heterocycles. The van der Waals surface area contributed by atoms with Crippen LogP contribution in [0.2, 0.25) is 0 Å². The van der Waals surface area contributed by atoms with E-state index < -0.39 is 0 Å². The van der Waals surface area contributed by atoms with Gasteiger partial charge in [-0.25, -0.2) is 9.97 Å². The number of aromatic nitrogens is 2. The van der Waals surface area contributed by atoms with E-state index in [2.05, 4.69) is 38.8 Å². The van der Waals surface area contributed by atoms with Crippen LogP contribution in [0.5, 0.6) is 0 Å². The summed E-state index contributed by atoms with van der Waals surface area (Å²) in [6.07, 6.45) is 2.32. The summed E-state index contributed by atoms with van der Waals surface area (Å²) in [6.45, 7) is 1.41. The zero-order chi connectivity index (χ0) is 17.5. The lowest BCUT2D eigenvalue weighted by Gasteiger charge is -2.07. The topological polar surface area (TPSA) is 76.1 Å². The molecule has 0 radical (unpaired) electrons. The first-order valence-corrected chi connectivity index (χ1v) is 8.89. The fourth-order valence-electron chi connectivity index (χ4n) is 2.41. The van der Waals surface area contributed by atoms with E-state index in [0.29, 0.717) is 19.0 Å². The predicted octanol–water partition coefficient (Wildman–Crippen LogP) is 2.92. The maximum atomic E-state index is 11.9. The number of nitrogens with zero attached hydrogens (tertiary/aromatic N) is 2. The first kappa shape index (κ1) is 17.3. The van der Waals surface area contributed by atoms with Crippen molar-refractivity contribution in [3.8, 4) is 10.4 Å². The van der Waals surface area contributed by atoms with Crippen LogP contribution in [-0.4, -0.2) is 42.7 Å². The van der Waals surface area contributed by atoms with Gasteiger partial charge in [-0.2, -0.15) is 0 Å². The van der Waals surface area contributed by atoms with Crippen LogP contribution in [-0.2, 0) is 9.53 Å². The number of ether oxygens (including phenoxy) is 1. The molecule has 0 spiro atoms. The van der Waals surface area contributed by atoms with Crippen LogP contribution in [0.25, 0.3) is 20.7 Å². The third kappa shape index (κ3) is 4.52. The second-order valence-electron chi connectivity index (χ2n) is 5.47. The zero-order valence-corrected chi connectivity index (χ0v) is 14.8. The van der Waals surface area contributed by atoms with Gasteiger partial charge in [0.25, 0.3) is 0 Å². The minimum Gasteiger partial charge on any atom is -0.385 e. The van der Waals surface area contributed by atoms with Crippen LogP contribution >= 0.6 is 11.3 Å². The maximum Gasteiger partial charge on any atom is 0.239 e. The molecule has 25 heavy (non-hydrogen) atoms. The molecule has 2 heterocycles. The van der Waals surface area contributed by atoms with E-state index in [1.54, 1.807) is 18.4 Å². The Labute approximate surface area is 150 Å². The molecule has 2 N–H and O–H groups in total. The Morgan fingerprint density at radius 3 is 2.88 bits per heavy atom. The summed E-state index contributed by atoms with van der Waals surface area (Å²) in [5.74, 6) is 0.608. The van der Waals surface area contributed by atoms with Crippen LogP contribution < -0.4 is 10.6 Å². The molecule has 0 aliphatic carbocycles. The molecule has 0 atom stereocenters. The van der Waals surface area contributed by atoms with Crippen molar-refractivity contribution in [2.75, 3.05) is 32.1 Å². The Bertz CT molecular complexity index is 835. The minimum absolute atomic E-state index is 0.0682. The number of hydrogen-bond acceptors (Lipinski definition) is 6. The average Bonchev–Trinajstić information content (AvgIpc) is 3.09. The molecule has 130 valence electrons. The van der Waals surface area contributed by atoms with Crippen LogP contribution in [0, 0.1) is 0 Å². The Morgan fingerprint density at radius 1 is 1.24 bits per heavy atom. The van der Waals surface area contributed by atoms with Gasteiger partial charge in [-0.1, -0.05) is 30.3 Å². The predicted molar refractivity (Wildman–Crippen MR) is 101 cm³/mol. The number of rotatable bonds is 8. The molecular weight excluding hydrogens is 336 g/mol. The van der Waals surface area contributed by atoms with Gasteiger partial charge in [0.2, 0.25) is 5.91 Å². The van der Waals surface area contributed by atoms with Gasteiger partial charge in [-0.3, -0.25) is 4.79 Å². The van der Waals surface area contributed by atoms with Gasteiger partial charge in [0.1, 0.15) is 17.0 Å². The number of carbonyl (C=O) groups is 1. The highest BCUT2D eigenvalue weighted by atomic mass is 32.1. The summed E-state index contributed by atoms with van der Waals surface area (Å²) in [6, 6.07) is 12.2. The lowest BCUT2D eigenvalue weighted by Crippen LogP contribution is -2.31. The molecule has 0 saturated heterocycles. The van der Waals surface area contributed by atoms with E-state index in [9.17, 15) is 4.79 Å². The normalized spacial score (nSPS) is 10.8. The highest BCUT2D eigenvalue weighted by Gasteiger charge is 2.11. The van der Waals surface area contributed by atoms with Crippen molar-refractivity contribution >= 4 is 33.3 Å². The second kappa shape index (κ2) is 8.55. The van der Waals surface area contributed by atoms with Gasteiger partial charge in [0.05, 0.1) is 11.9 Å². The van der Waals surface area contributed by atoms with E-state index in [0.717, 1.165) is 27.1 Å². The maximum absolute atomic E-state index is 11.9. The molecular formula is C18H20N4O2S. The van der Waals surface area contributed by atoms with Crippen molar-refractivity contribution in [1.29, 1.82) is 0 Å². The summed E-state index contributed by atoms with van der Waals surface area (Å²) in [4.78, 5) is 22.5. The molecule has 0 bridgehead atoms. The Hall–Kier alpha value is -2.51. The van der Waals surface area contributed by atoms with Crippen LogP contribution in [0.1, 0.15) is 6.42 Å². The van der Waals surface area contributed by atoms with Gasteiger partial charge >= 0.3 is 0 Å². The number of amides is 1. The first-order valence-electron chi connectivity index (χ1n) is 8.07. The molecule has 7 heteroatoms. The molecule has 0 saturated carbocycles. The van der Waals surface area contributed by atoms with Gasteiger partial charge in [0.15, 0.2) is 0 Å². The van der Waals surface area contributed by atoms with Crippen LogP contribution in [0.4, 0.5) is 5.82 Å². The number of nitrogens with one attached hydrogen (secondary N) is 2. The van der Waals surface area contributed by atoms with E-state index in [-0.39, 0.29) is 12.5 Å². The number of methoxy groups -OCH3 is 1. The lowest BCUT2D eigenvalue weighted by atomic mass is 10.2. The summed E-state index contributed by atoms with van der Waals surface area (Å²) >= 11 is 1.61. The van der Waals surface area contributed by atoms with Crippen LogP contribution in [0.3, 0.4) is 0 Å². The Morgan fingerprint density at radius 2 is 2.08 bits per heavy atom. The molecule has 1 amide bonds. The summed E-state index contributed by atoms with van der Waals surface area (Å²) in [7, 11) is 1.65. The van der Waals surface area contributed by atoms with Gasteiger partial charge < -0.3 is 15.4 Å². The van der Waals surface area contributed by atoms with E-state index in [4.69, 9.17) is 4.74 Å². The summed E-state index contributed by atoms with van der Waals surface area (Å²) < 4.78 is 4.96. The Balaban J connectivity index is 1.68. The molecule has 3 aromatic rings. The van der Waals surface area contributed by atoms with E-state index >= 15 is 0 Å². The third-order valence-electron chi connectivity index (χ3n) is 3.65. The molecule has 6 nitrogen and oxygen atoms in total. The van der Waals surface area contributed by atoms with Gasteiger partial charge in [-0.15, -0.1) is 11.3 Å². The highest BCUT2D eigenvalue weighted by molar-refractivity contribution is 7.21. The molecule has 3 rings (SSSR count). The lowest BCUT2D eigenvalue weighted by molar-refractivity contribution is -0.119. The number of anilines is 1. The molecule has 2 aromatic heterocycles. The van der Waals surface area contributed by atoms with Crippen molar-refractivity contribution in [3.63, 3.8) is 0 Å². The fourth-order valence-corrected chi connectivity index (χ4v) is 3.42. The molecule has 0 fully saturated rings. The van der Waals surface area contributed by atoms with Crippen molar-refractivity contribution in [2.45, 2.75) is 6.42 Å². The number of carbonyl (C=O) groups excluding carboxylic acids is 1. The number of thiophene rings is 1. The molecule has 0 unspecified atom stereocenters. The smallest absolute Gasteiger partial charge is 0.239 e. The monoisotopic (exact) mass is 356 g/mol. The van der Waals surface area contributed by atoms with Crippen molar-refractivity contribution in [3.05, 3.63) is 42.7 Å². The second-order valence-corrected chi connectivity index (χ2v) is 6.50. The number of fused-ring (bicyclic) bond motifs is 1. The minimum atomic E-state index is -0.0682. The molecule has 1 aromatic carbocycles. The number of benzene rings is 1. The zero-order valence-electron chi connectivity index (χ0n) is 14.0. The fraction of sp³-hybridized carbons (Fsp3) is 0.278. The molecule has 0 aliphatic rings. The van der Waals surface area contributed by atoms with Gasteiger partial charge in [-0.05, 0) is 18.1 Å². The van der Waals surface area contributed by atoms with Crippen molar-refractivity contribution < 1.29 is 9.53 Å². The standard InChI is InChI=1S/C18H20N4O2S/c1-24-9-5-8-19-16(23)11-20-17-14-10-15(13-6-3-2-4-7-13)25-18(14)22-12-21-17/h2-4,6-7,10,12H,5,8-9,11H2,1H3,(H,19,23)(H,20,21,22). The summed E-state index contributed by atoms with van der Waals surface area (Å²) in [5, 5.41) is 6.88. The van der Waals surface area contributed by atoms with Crippen molar-refractivity contribution in [1.82, 2.24) is 15.3 Å². The quantitative estimate of drug-likeness (QED) is 0.607. The third-order valence-corrected chi connectivity index (χ3v) is 4.74. The summed E-state index contributed by atoms with van der Waals surface area (Å²) in [5.41, 5.74) is 1.15. The largest absolute Gasteiger partial charge is 0.385 e. The van der Waals surface area contributed by atoms with E-state index in [1.165, 1.54) is 6.33 Å². The average molecular weight is 356 g/mol. The Kier molecular flexibility index (Phi) is 5.92. The van der Waals surface area contributed by atoms with Gasteiger partial charge in [0, 0.05) is 25.1 Å².